The summed E-state index contributed by atoms with van der Waals surface area (Å²) in [6, 6.07) is 14.2. The van der Waals surface area contributed by atoms with Gasteiger partial charge in [0.2, 0.25) is 0 Å². The van der Waals surface area contributed by atoms with Gasteiger partial charge in [-0.25, -0.2) is 9.18 Å². The van der Waals surface area contributed by atoms with Crippen LogP contribution in [-0.4, -0.2) is 37.1 Å². The van der Waals surface area contributed by atoms with Gasteiger partial charge >= 0.3 is 6.03 Å². The van der Waals surface area contributed by atoms with Gasteiger partial charge in [-0.05, 0) is 84.0 Å². The van der Waals surface area contributed by atoms with Crippen LogP contribution in [0.4, 0.5) is 14.9 Å². The Kier molecular flexibility index (Phi) is 7.24. The largest absolute Gasteiger partial charge is 0.338 e. The lowest BCUT2D eigenvalue weighted by molar-refractivity contribution is 0.184. The highest BCUT2D eigenvalue weighted by Crippen LogP contribution is 2.21. The molecule has 2 aromatic carbocycles. The highest BCUT2D eigenvalue weighted by Gasteiger charge is 2.19. The number of benzene rings is 2. The summed E-state index contributed by atoms with van der Waals surface area (Å²) in [6.07, 6.45) is 3.11. The van der Waals surface area contributed by atoms with Crippen LogP contribution in [0.1, 0.15) is 18.4 Å². The average Bonchev–Trinajstić information content (AvgIpc) is 2.68. The van der Waals surface area contributed by atoms with E-state index in [1.807, 2.05) is 36.4 Å². The molecule has 1 heterocycles. The van der Waals surface area contributed by atoms with Crippen LogP contribution in [0.3, 0.4) is 0 Å². The zero-order valence-corrected chi connectivity index (χ0v) is 16.8. The number of para-hydroxylation sites is 1. The molecule has 4 nitrogen and oxygen atoms in total. The lowest BCUT2D eigenvalue weighted by Gasteiger charge is -2.32. The Balaban J connectivity index is 1.34. The average molecular weight is 434 g/mol. The number of piperidine rings is 1. The molecule has 2 aromatic rings. The molecule has 0 aliphatic carbocycles. The maximum atomic E-state index is 12.9. The van der Waals surface area contributed by atoms with Crippen molar-refractivity contribution < 1.29 is 9.18 Å². The molecule has 0 atom stereocenters. The van der Waals surface area contributed by atoms with Gasteiger partial charge in [0.15, 0.2) is 0 Å². The predicted octanol–water partition coefficient (Wildman–Crippen LogP) is 4.66. The molecule has 6 heteroatoms. The van der Waals surface area contributed by atoms with E-state index < -0.39 is 0 Å². The van der Waals surface area contributed by atoms with Crippen LogP contribution in [0.25, 0.3) is 0 Å². The van der Waals surface area contributed by atoms with Crippen LogP contribution in [0, 0.1) is 11.7 Å². The van der Waals surface area contributed by atoms with E-state index in [1.165, 1.54) is 17.7 Å². The summed E-state index contributed by atoms with van der Waals surface area (Å²) in [5.41, 5.74) is 1.94. The van der Waals surface area contributed by atoms with E-state index in [2.05, 4.69) is 31.5 Å². The second-order valence-electron chi connectivity index (χ2n) is 6.98. The molecule has 0 aromatic heterocycles. The summed E-state index contributed by atoms with van der Waals surface area (Å²) in [7, 11) is 0. The third-order valence-corrected chi connectivity index (χ3v) is 5.70. The fourth-order valence-electron chi connectivity index (χ4n) is 3.32. The smallest absolute Gasteiger partial charge is 0.319 e. The molecule has 1 saturated heterocycles. The molecule has 0 bridgehead atoms. The Labute approximate surface area is 168 Å². The molecule has 2 amide bonds. The molecule has 27 heavy (non-hydrogen) atoms. The number of halogens is 2. The first kappa shape index (κ1) is 19.8. The number of carbonyl (C=O) groups is 1. The van der Waals surface area contributed by atoms with Crippen LogP contribution < -0.4 is 10.6 Å². The van der Waals surface area contributed by atoms with Gasteiger partial charge in [-0.15, -0.1) is 0 Å². The molecule has 144 valence electrons. The third kappa shape index (κ3) is 6.33. The summed E-state index contributed by atoms with van der Waals surface area (Å²) < 4.78 is 13.8. The van der Waals surface area contributed by atoms with Gasteiger partial charge in [0.05, 0.1) is 5.69 Å². The van der Waals surface area contributed by atoms with E-state index in [1.54, 1.807) is 0 Å². The van der Waals surface area contributed by atoms with Crippen LogP contribution >= 0.6 is 15.9 Å². The number of likely N-dealkylation sites (tertiary alicyclic amines) is 1. The van der Waals surface area contributed by atoms with Gasteiger partial charge in [0, 0.05) is 17.6 Å². The van der Waals surface area contributed by atoms with Crippen molar-refractivity contribution in [3.8, 4) is 0 Å². The highest BCUT2D eigenvalue weighted by atomic mass is 79.9. The Morgan fingerprint density at radius 2 is 1.81 bits per heavy atom. The van der Waals surface area contributed by atoms with Gasteiger partial charge in [-0.2, -0.15) is 0 Å². The summed E-state index contributed by atoms with van der Waals surface area (Å²) >= 11 is 3.43. The molecule has 0 saturated carbocycles. The fourth-order valence-corrected chi connectivity index (χ4v) is 3.70. The molecule has 2 N–H and O–H groups in total. The van der Waals surface area contributed by atoms with Gasteiger partial charge in [-0.3, -0.25) is 0 Å². The number of hydrogen-bond donors (Lipinski definition) is 2. The van der Waals surface area contributed by atoms with Crippen molar-refractivity contribution in [3.63, 3.8) is 0 Å². The van der Waals surface area contributed by atoms with Gasteiger partial charge in [0.1, 0.15) is 5.82 Å². The summed E-state index contributed by atoms with van der Waals surface area (Å²) in [5.74, 6) is 0.327. The number of rotatable bonds is 6. The number of hydrogen-bond acceptors (Lipinski definition) is 2. The highest BCUT2D eigenvalue weighted by molar-refractivity contribution is 9.10. The molecule has 1 fully saturated rings. The molecule has 0 spiro atoms. The quantitative estimate of drug-likeness (QED) is 0.695. The SMILES string of the molecule is O=C(NCC1CCN(CCc2ccc(F)cc2)CC1)Nc1ccccc1Br. The van der Waals surface area contributed by atoms with E-state index in [0.29, 0.717) is 12.5 Å². The minimum absolute atomic E-state index is 0.166. The van der Waals surface area contributed by atoms with Gasteiger partial charge in [0.25, 0.3) is 0 Å². The molecular formula is C21H25BrFN3O. The standard InChI is InChI=1S/C21H25BrFN3O/c22-19-3-1-2-4-20(19)25-21(27)24-15-17-10-13-26(14-11-17)12-9-16-5-7-18(23)8-6-16/h1-8,17H,9-15H2,(H2,24,25,27). The van der Waals surface area contributed by atoms with Crippen LogP contribution in [-0.2, 0) is 6.42 Å². The number of nitrogens with zero attached hydrogens (tertiary/aromatic N) is 1. The first-order valence-corrected chi connectivity index (χ1v) is 10.2. The Morgan fingerprint density at radius 1 is 1.11 bits per heavy atom. The van der Waals surface area contributed by atoms with E-state index in [9.17, 15) is 9.18 Å². The summed E-state index contributed by atoms with van der Waals surface area (Å²) in [6.45, 7) is 3.77. The molecule has 3 rings (SSSR count). The van der Waals surface area contributed by atoms with Crippen molar-refractivity contribution in [1.82, 2.24) is 10.2 Å². The minimum atomic E-state index is -0.185. The number of urea groups is 1. The Morgan fingerprint density at radius 3 is 2.52 bits per heavy atom. The maximum Gasteiger partial charge on any atom is 0.319 e. The number of anilines is 1. The van der Waals surface area contributed by atoms with Crippen molar-refractivity contribution in [3.05, 3.63) is 64.4 Å². The normalized spacial score (nSPS) is 15.5. The molecule has 1 aliphatic heterocycles. The van der Waals surface area contributed by atoms with Gasteiger partial charge in [-0.1, -0.05) is 24.3 Å². The van der Waals surface area contributed by atoms with E-state index in [-0.39, 0.29) is 11.8 Å². The lowest BCUT2D eigenvalue weighted by Crippen LogP contribution is -2.40. The monoisotopic (exact) mass is 433 g/mol. The molecule has 0 radical (unpaired) electrons. The third-order valence-electron chi connectivity index (χ3n) is 5.01. The van der Waals surface area contributed by atoms with Crippen LogP contribution in [0.2, 0.25) is 0 Å². The van der Waals surface area contributed by atoms with E-state index >= 15 is 0 Å². The first-order chi connectivity index (χ1) is 13.1. The minimum Gasteiger partial charge on any atom is -0.338 e. The number of carbonyl (C=O) groups excluding carboxylic acids is 1. The van der Waals surface area contributed by atoms with E-state index in [4.69, 9.17) is 0 Å². The van der Waals surface area contributed by atoms with Crippen molar-refractivity contribution in [2.75, 3.05) is 31.5 Å². The van der Waals surface area contributed by atoms with Crippen LogP contribution in [0.15, 0.2) is 53.0 Å². The zero-order valence-electron chi connectivity index (χ0n) is 15.3. The van der Waals surface area contributed by atoms with Crippen molar-refractivity contribution >= 4 is 27.6 Å². The van der Waals surface area contributed by atoms with E-state index in [0.717, 1.165) is 49.1 Å². The summed E-state index contributed by atoms with van der Waals surface area (Å²) in [4.78, 5) is 14.5. The van der Waals surface area contributed by atoms with Crippen molar-refractivity contribution in [1.29, 1.82) is 0 Å². The second-order valence-corrected chi connectivity index (χ2v) is 7.83. The number of nitrogens with one attached hydrogen (secondary N) is 2. The lowest BCUT2D eigenvalue weighted by atomic mass is 9.96. The molecule has 0 unspecified atom stereocenters. The Hall–Kier alpha value is -1.92. The molecule has 1 aliphatic rings. The van der Waals surface area contributed by atoms with Crippen molar-refractivity contribution in [2.45, 2.75) is 19.3 Å². The fraction of sp³-hybridized carbons (Fsp3) is 0.381. The predicted molar refractivity (Wildman–Crippen MR) is 110 cm³/mol. The summed E-state index contributed by atoms with van der Waals surface area (Å²) in [5, 5.41) is 5.85. The topological polar surface area (TPSA) is 44.4 Å². The zero-order chi connectivity index (χ0) is 19.1. The maximum absolute atomic E-state index is 12.9. The number of amides is 2. The molecular weight excluding hydrogens is 409 g/mol. The van der Waals surface area contributed by atoms with Crippen molar-refractivity contribution in [2.24, 2.45) is 5.92 Å². The Bertz CT molecular complexity index is 745. The van der Waals surface area contributed by atoms with Gasteiger partial charge < -0.3 is 15.5 Å². The second kappa shape index (κ2) is 9.85. The first-order valence-electron chi connectivity index (χ1n) is 9.36. The van der Waals surface area contributed by atoms with Crippen LogP contribution in [0.5, 0.6) is 0 Å².